The average molecular weight is 354 g/mol. The van der Waals surface area contributed by atoms with E-state index >= 15 is 0 Å². The van der Waals surface area contributed by atoms with Gasteiger partial charge in [0.1, 0.15) is 11.6 Å². The number of aromatic amines is 1. The molecule has 134 valence electrons. The Hall–Kier alpha value is -2.96. The minimum atomic E-state index is -0.312. The highest BCUT2D eigenvalue weighted by Gasteiger charge is 2.31. The van der Waals surface area contributed by atoms with Crippen molar-refractivity contribution in [2.75, 3.05) is 13.7 Å². The van der Waals surface area contributed by atoms with Crippen LogP contribution in [0.5, 0.6) is 5.88 Å². The van der Waals surface area contributed by atoms with Crippen molar-refractivity contribution in [3.05, 3.63) is 53.7 Å². The van der Waals surface area contributed by atoms with Crippen molar-refractivity contribution in [2.24, 2.45) is 0 Å². The van der Waals surface area contributed by atoms with Crippen molar-refractivity contribution in [3.63, 3.8) is 0 Å². The second-order valence-electron chi connectivity index (χ2n) is 6.38. The van der Waals surface area contributed by atoms with Gasteiger partial charge in [0, 0.05) is 24.4 Å². The third kappa shape index (κ3) is 3.00. The summed E-state index contributed by atoms with van der Waals surface area (Å²) < 4.78 is 18.6. The molecule has 0 radical (unpaired) electrons. The van der Waals surface area contributed by atoms with Gasteiger partial charge < -0.3 is 14.6 Å². The molecule has 4 rings (SSSR count). The number of nitrogens with one attached hydrogen (secondary N) is 1. The number of hydrogen-bond acceptors (Lipinski definition) is 4. The van der Waals surface area contributed by atoms with Crippen molar-refractivity contribution in [1.29, 1.82) is 0 Å². The molecule has 1 fully saturated rings. The molecule has 7 heteroatoms. The first-order valence-electron chi connectivity index (χ1n) is 8.62. The van der Waals surface area contributed by atoms with Gasteiger partial charge >= 0.3 is 0 Å². The van der Waals surface area contributed by atoms with E-state index in [0.29, 0.717) is 34.8 Å². The van der Waals surface area contributed by atoms with Crippen LogP contribution < -0.4 is 4.74 Å². The van der Waals surface area contributed by atoms with E-state index in [9.17, 15) is 9.18 Å². The number of ether oxygens (including phenoxy) is 1. The van der Waals surface area contributed by atoms with Gasteiger partial charge in [-0.2, -0.15) is 0 Å². The average Bonchev–Trinajstić information content (AvgIpc) is 3.10. The number of imidazole rings is 1. The van der Waals surface area contributed by atoms with Gasteiger partial charge in [0.05, 0.1) is 24.2 Å². The number of likely N-dealkylation sites (tertiary alicyclic amines) is 1. The van der Waals surface area contributed by atoms with Crippen LogP contribution in [0.15, 0.2) is 36.5 Å². The highest BCUT2D eigenvalue weighted by molar-refractivity contribution is 5.94. The summed E-state index contributed by atoms with van der Waals surface area (Å²) in [7, 11) is 1.52. The van der Waals surface area contributed by atoms with Crippen molar-refractivity contribution >= 4 is 16.9 Å². The van der Waals surface area contributed by atoms with Gasteiger partial charge in [0.15, 0.2) is 0 Å². The molecule has 1 atom stereocenters. The fourth-order valence-corrected chi connectivity index (χ4v) is 3.44. The van der Waals surface area contributed by atoms with Crippen LogP contribution in [0.1, 0.15) is 41.5 Å². The fraction of sp³-hybridized carbons (Fsp3) is 0.316. The van der Waals surface area contributed by atoms with E-state index in [1.165, 1.54) is 19.2 Å². The smallest absolute Gasteiger partial charge is 0.254 e. The van der Waals surface area contributed by atoms with E-state index < -0.39 is 0 Å². The zero-order valence-electron chi connectivity index (χ0n) is 14.4. The van der Waals surface area contributed by atoms with Crippen molar-refractivity contribution in [2.45, 2.75) is 25.3 Å². The first-order chi connectivity index (χ1) is 12.7. The van der Waals surface area contributed by atoms with Crippen LogP contribution in [0.25, 0.3) is 11.0 Å². The van der Waals surface area contributed by atoms with Gasteiger partial charge in [-0.25, -0.2) is 14.4 Å². The molecule has 0 spiro atoms. The van der Waals surface area contributed by atoms with E-state index in [0.717, 1.165) is 19.3 Å². The number of carbonyl (C=O) groups is 1. The number of rotatable bonds is 3. The summed E-state index contributed by atoms with van der Waals surface area (Å²) in [5.74, 6) is 0.707. The van der Waals surface area contributed by atoms with E-state index in [2.05, 4.69) is 15.0 Å². The number of amides is 1. The number of aromatic nitrogens is 3. The molecular weight excluding hydrogens is 335 g/mol. The van der Waals surface area contributed by atoms with Gasteiger partial charge in [-0.05, 0) is 43.5 Å². The number of hydrogen-bond donors (Lipinski definition) is 1. The summed E-state index contributed by atoms with van der Waals surface area (Å²) in [6, 6.07) is 7.62. The fourth-order valence-electron chi connectivity index (χ4n) is 3.44. The largest absolute Gasteiger partial charge is 0.481 e. The summed E-state index contributed by atoms with van der Waals surface area (Å²) in [5, 5.41) is 0. The zero-order valence-corrected chi connectivity index (χ0v) is 14.4. The molecule has 6 nitrogen and oxygen atoms in total. The van der Waals surface area contributed by atoms with Crippen molar-refractivity contribution in [3.8, 4) is 5.88 Å². The Morgan fingerprint density at radius 2 is 2.19 bits per heavy atom. The number of carbonyl (C=O) groups excluding carboxylic acids is 1. The molecule has 3 heterocycles. The number of piperidine rings is 1. The van der Waals surface area contributed by atoms with Gasteiger partial charge in [-0.15, -0.1) is 0 Å². The van der Waals surface area contributed by atoms with Gasteiger partial charge in [0.25, 0.3) is 5.91 Å². The maximum Gasteiger partial charge on any atom is 0.254 e. The Labute approximate surface area is 150 Å². The Morgan fingerprint density at radius 3 is 3.04 bits per heavy atom. The van der Waals surface area contributed by atoms with Crippen LogP contribution in [-0.4, -0.2) is 39.4 Å². The number of halogens is 1. The summed E-state index contributed by atoms with van der Waals surface area (Å²) in [6.07, 6.45) is 4.34. The normalized spacial score (nSPS) is 17.5. The van der Waals surface area contributed by atoms with Gasteiger partial charge in [-0.1, -0.05) is 0 Å². The molecule has 1 aliphatic heterocycles. The third-order valence-corrected chi connectivity index (χ3v) is 4.73. The second kappa shape index (κ2) is 6.74. The van der Waals surface area contributed by atoms with Crippen LogP contribution in [0.2, 0.25) is 0 Å². The molecule has 1 aromatic carbocycles. The summed E-state index contributed by atoms with van der Waals surface area (Å²) in [5.41, 5.74) is 1.87. The summed E-state index contributed by atoms with van der Waals surface area (Å²) >= 11 is 0. The van der Waals surface area contributed by atoms with Gasteiger partial charge in [-0.3, -0.25) is 4.79 Å². The van der Waals surface area contributed by atoms with Crippen LogP contribution in [0.4, 0.5) is 4.39 Å². The minimum absolute atomic E-state index is 0.0814. The topological polar surface area (TPSA) is 71.1 Å². The second-order valence-corrected chi connectivity index (χ2v) is 6.38. The number of methoxy groups -OCH3 is 1. The molecule has 0 bridgehead atoms. The quantitative estimate of drug-likeness (QED) is 0.782. The molecule has 0 saturated carbocycles. The van der Waals surface area contributed by atoms with Crippen molar-refractivity contribution in [1.82, 2.24) is 19.9 Å². The molecule has 1 N–H and O–H groups in total. The van der Waals surface area contributed by atoms with E-state index in [1.54, 1.807) is 24.4 Å². The van der Waals surface area contributed by atoms with E-state index in [-0.39, 0.29) is 17.8 Å². The first-order valence-corrected chi connectivity index (χ1v) is 8.62. The van der Waals surface area contributed by atoms with Crippen LogP contribution in [-0.2, 0) is 0 Å². The molecule has 2 aromatic heterocycles. The predicted molar refractivity (Wildman–Crippen MR) is 94.5 cm³/mol. The van der Waals surface area contributed by atoms with E-state index in [4.69, 9.17) is 4.74 Å². The Bertz CT molecular complexity index is 956. The molecule has 0 unspecified atom stereocenters. The monoisotopic (exact) mass is 354 g/mol. The lowest BCUT2D eigenvalue weighted by atomic mass is 10.0. The van der Waals surface area contributed by atoms with E-state index in [1.807, 2.05) is 4.90 Å². The molecule has 1 aliphatic rings. The molecule has 26 heavy (non-hydrogen) atoms. The lowest BCUT2D eigenvalue weighted by molar-refractivity contribution is 0.0601. The molecule has 3 aromatic rings. The zero-order chi connectivity index (χ0) is 18.1. The molecule has 1 amide bonds. The maximum atomic E-state index is 13.5. The summed E-state index contributed by atoms with van der Waals surface area (Å²) in [4.78, 5) is 26.7. The number of H-pyrrole nitrogens is 1. The van der Waals surface area contributed by atoms with Crippen LogP contribution >= 0.6 is 0 Å². The maximum absolute atomic E-state index is 13.5. The summed E-state index contributed by atoms with van der Waals surface area (Å²) in [6.45, 7) is 0.652. The minimum Gasteiger partial charge on any atom is -0.481 e. The van der Waals surface area contributed by atoms with Crippen LogP contribution in [0.3, 0.4) is 0 Å². The molecule has 1 saturated heterocycles. The number of fused-ring (bicyclic) bond motifs is 1. The number of pyridine rings is 1. The first kappa shape index (κ1) is 16.5. The van der Waals surface area contributed by atoms with Crippen molar-refractivity contribution < 1.29 is 13.9 Å². The highest BCUT2D eigenvalue weighted by atomic mass is 19.1. The SMILES string of the molecule is COc1cc(C(=O)N2CCCC[C@@H]2c2nc3ccc(F)cc3[nH]2)ccn1. The van der Waals surface area contributed by atoms with Crippen LogP contribution in [0, 0.1) is 5.82 Å². The highest BCUT2D eigenvalue weighted by Crippen LogP contribution is 2.32. The number of nitrogens with zero attached hydrogens (tertiary/aromatic N) is 3. The molecular formula is C19H19FN4O2. The lowest BCUT2D eigenvalue weighted by Gasteiger charge is -2.34. The third-order valence-electron chi connectivity index (χ3n) is 4.73. The molecule has 0 aliphatic carbocycles. The Kier molecular flexibility index (Phi) is 4.28. The standard InChI is InChI=1S/C19H19FN4O2/c1-26-17-10-12(7-8-21-17)19(25)24-9-3-2-4-16(24)18-22-14-6-5-13(20)11-15(14)23-18/h5-8,10-11,16H,2-4,9H2,1H3,(H,22,23)/t16-/m1/s1. The predicted octanol–water partition coefficient (Wildman–Crippen LogP) is 3.47. The Morgan fingerprint density at radius 1 is 1.31 bits per heavy atom. The Balaban J connectivity index is 1.67. The lowest BCUT2D eigenvalue weighted by Crippen LogP contribution is -2.39. The number of benzene rings is 1. The van der Waals surface area contributed by atoms with Gasteiger partial charge in [0.2, 0.25) is 5.88 Å².